The summed E-state index contributed by atoms with van der Waals surface area (Å²) in [5.41, 5.74) is 6.30. The normalized spacial score (nSPS) is 21.1. The van der Waals surface area contributed by atoms with Crippen molar-refractivity contribution in [1.82, 2.24) is 29.0 Å². The average molecular weight is 564 g/mol. The van der Waals surface area contributed by atoms with Gasteiger partial charge in [-0.05, 0) is 6.07 Å². The van der Waals surface area contributed by atoms with E-state index < -0.39 is 65.4 Å². The number of ketones is 1. The second kappa shape index (κ2) is 11.4. The van der Waals surface area contributed by atoms with Crippen molar-refractivity contribution in [3.05, 3.63) is 48.0 Å². The van der Waals surface area contributed by atoms with E-state index in [1.165, 1.54) is 35.4 Å². The summed E-state index contributed by atoms with van der Waals surface area (Å²) in [7, 11) is -3.26. The van der Waals surface area contributed by atoms with Gasteiger partial charge in [0.2, 0.25) is 5.91 Å². The first-order valence-electron chi connectivity index (χ1n) is 11.5. The molecule has 16 nitrogen and oxygen atoms in total. The third kappa shape index (κ3) is 6.02. The van der Waals surface area contributed by atoms with Crippen molar-refractivity contribution in [2.75, 3.05) is 19.4 Å². The summed E-state index contributed by atoms with van der Waals surface area (Å²) < 4.78 is 40.2. The van der Waals surface area contributed by atoms with Gasteiger partial charge < -0.3 is 25.4 Å². The largest absolute Gasteiger partial charge is 0.465 e. The van der Waals surface area contributed by atoms with Crippen molar-refractivity contribution in [3.8, 4) is 0 Å². The van der Waals surface area contributed by atoms with Gasteiger partial charge in [-0.3, -0.25) is 14.2 Å². The highest BCUT2D eigenvalue weighted by molar-refractivity contribution is 7.88. The third-order valence-corrected chi connectivity index (χ3v) is 6.98. The third-order valence-electron chi connectivity index (χ3n) is 5.93. The molecule has 3 aromatic rings. The van der Waals surface area contributed by atoms with Gasteiger partial charge in [-0.2, -0.15) is 13.1 Å². The number of aliphatic hydroxyl groups excluding tert-OH is 2. The molecule has 1 aromatic carbocycles. The van der Waals surface area contributed by atoms with Crippen LogP contribution in [0, 0.1) is 0 Å². The number of imidazole rings is 1. The number of hydrogen-bond donors (Lipinski definition) is 5. The van der Waals surface area contributed by atoms with Gasteiger partial charge >= 0.3 is 16.2 Å². The van der Waals surface area contributed by atoms with Gasteiger partial charge in [0.1, 0.15) is 30.2 Å². The lowest BCUT2D eigenvalue weighted by Crippen LogP contribution is -2.45. The summed E-state index contributed by atoms with van der Waals surface area (Å²) in [6.07, 6.45) is -3.73. The van der Waals surface area contributed by atoms with Crippen LogP contribution >= 0.6 is 0 Å². The monoisotopic (exact) mass is 563 g/mol. The minimum Gasteiger partial charge on any atom is -0.465 e. The molecule has 1 amide bonds. The average Bonchev–Trinajstić information content (AvgIpc) is 3.47. The lowest BCUT2D eigenvalue weighted by atomic mass is 10.0. The fraction of sp³-hybridized carbons (Fsp3) is 0.364. The molecule has 0 unspecified atom stereocenters. The summed E-state index contributed by atoms with van der Waals surface area (Å²) in [6, 6.07) is 5.87. The second-order valence-corrected chi connectivity index (χ2v) is 9.97. The van der Waals surface area contributed by atoms with Crippen molar-refractivity contribution in [2.45, 2.75) is 37.4 Å². The van der Waals surface area contributed by atoms with Crippen molar-refractivity contribution < 1.29 is 42.5 Å². The van der Waals surface area contributed by atoms with Crippen molar-refractivity contribution in [3.63, 3.8) is 0 Å². The molecular formula is C22H25N7O9S. The fourth-order valence-corrected chi connectivity index (χ4v) is 4.85. The van der Waals surface area contributed by atoms with Crippen molar-refractivity contribution in [1.29, 1.82) is 0 Å². The SMILES string of the molecule is COC(=O)c1ccccc1C(=O)CCC(=O)NS(=O)(=O)NC[C@H]1O[C@@H](n2cnc3c(N)ncnc32)[C@H](O)[C@@H]1O. The van der Waals surface area contributed by atoms with E-state index in [2.05, 4.69) is 24.4 Å². The number of benzene rings is 1. The van der Waals surface area contributed by atoms with Gasteiger partial charge in [0, 0.05) is 24.9 Å². The van der Waals surface area contributed by atoms with Crippen molar-refractivity contribution >= 4 is 44.9 Å². The number of Topliss-reactive ketones (excluding diaryl/α,β-unsaturated/α-hetero) is 1. The first kappa shape index (κ1) is 28.0. The minimum atomic E-state index is -4.42. The van der Waals surface area contributed by atoms with Crippen LogP contribution in [0.2, 0.25) is 0 Å². The Hall–Kier alpha value is -4.03. The molecule has 0 bridgehead atoms. The molecule has 1 saturated heterocycles. The molecule has 6 N–H and O–H groups in total. The number of amides is 1. The summed E-state index contributed by atoms with van der Waals surface area (Å²) in [5, 5.41) is 20.9. The summed E-state index contributed by atoms with van der Waals surface area (Å²) in [6.45, 7) is -0.507. The highest BCUT2D eigenvalue weighted by Crippen LogP contribution is 2.31. The zero-order valence-corrected chi connectivity index (χ0v) is 21.2. The summed E-state index contributed by atoms with van der Waals surface area (Å²) >= 11 is 0. The van der Waals surface area contributed by atoms with Crippen LogP contribution < -0.4 is 15.2 Å². The smallest absolute Gasteiger partial charge is 0.338 e. The topological polar surface area (TPSA) is 238 Å². The highest BCUT2D eigenvalue weighted by atomic mass is 32.2. The molecule has 1 aliphatic rings. The maximum absolute atomic E-state index is 12.5. The summed E-state index contributed by atoms with van der Waals surface area (Å²) in [5.74, 6) is -2.17. The Labute approximate surface area is 221 Å². The van der Waals surface area contributed by atoms with Crippen LogP contribution in [0.15, 0.2) is 36.9 Å². The Balaban J connectivity index is 1.32. The Morgan fingerprint density at radius 1 is 1.10 bits per heavy atom. The molecule has 0 radical (unpaired) electrons. The molecule has 208 valence electrons. The molecule has 4 rings (SSSR count). The van der Waals surface area contributed by atoms with Gasteiger partial charge in [-0.15, -0.1) is 0 Å². The molecule has 17 heteroatoms. The highest BCUT2D eigenvalue weighted by Gasteiger charge is 2.44. The van der Waals surface area contributed by atoms with E-state index in [9.17, 15) is 33.0 Å². The Morgan fingerprint density at radius 2 is 1.82 bits per heavy atom. The summed E-state index contributed by atoms with van der Waals surface area (Å²) in [4.78, 5) is 48.5. The number of nitrogens with two attached hydrogens (primary N) is 1. The molecule has 1 fully saturated rings. The molecule has 0 aliphatic carbocycles. The van der Waals surface area contributed by atoms with E-state index in [1.54, 1.807) is 10.8 Å². The number of anilines is 1. The number of nitrogen functional groups attached to an aromatic ring is 1. The van der Waals surface area contributed by atoms with Crippen LogP contribution in [0.4, 0.5) is 5.82 Å². The van der Waals surface area contributed by atoms with Crippen LogP contribution in [-0.2, 0) is 24.5 Å². The number of carbonyl (C=O) groups excluding carboxylic acids is 3. The molecular weight excluding hydrogens is 538 g/mol. The van der Waals surface area contributed by atoms with E-state index in [4.69, 9.17) is 10.5 Å². The fourth-order valence-electron chi connectivity index (χ4n) is 3.99. The Morgan fingerprint density at radius 3 is 2.54 bits per heavy atom. The van der Waals surface area contributed by atoms with E-state index in [0.717, 1.165) is 7.11 Å². The number of aliphatic hydroxyl groups is 2. The molecule has 3 heterocycles. The van der Waals surface area contributed by atoms with Crippen LogP contribution in [0.3, 0.4) is 0 Å². The Kier molecular flexibility index (Phi) is 8.17. The lowest BCUT2D eigenvalue weighted by molar-refractivity contribution is -0.119. The van der Waals surface area contributed by atoms with Gasteiger partial charge in [0.15, 0.2) is 23.5 Å². The molecule has 0 spiro atoms. The number of nitrogens with one attached hydrogen (secondary N) is 2. The number of ether oxygens (including phenoxy) is 2. The number of aromatic nitrogens is 4. The molecule has 39 heavy (non-hydrogen) atoms. The number of carbonyl (C=O) groups is 3. The van der Waals surface area contributed by atoms with Gasteiger partial charge in [0.25, 0.3) is 0 Å². The number of hydrogen-bond acceptors (Lipinski definition) is 13. The number of esters is 1. The zero-order valence-electron chi connectivity index (χ0n) is 20.4. The van der Waals surface area contributed by atoms with Crippen LogP contribution in [0.25, 0.3) is 11.2 Å². The lowest BCUT2D eigenvalue weighted by Gasteiger charge is -2.16. The first-order valence-corrected chi connectivity index (χ1v) is 13.0. The standard InChI is InChI=1S/C22H25N7O9S/c1-37-22(34)12-5-3-2-4-11(12)13(30)6-7-15(31)28-39(35,36)27-8-14-17(32)18(33)21(38-14)29-10-26-16-19(23)24-9-25-20(16)29/h2-5,9-10,14,17-18,21,27,32-33H,6-8H2,1H3,(H,28,31)(H2,23,24,25)/t14-,17-,18-,21-/m1/s1. The number of methoxy groups -OCH3 is 1. The number of nitrogens with zero attached hydrogens (tertiary/aromatic N) is 4. The molecule has 2 aromatic heterocycles. The number of rotatable bonds is 10. The molecule has 0 saturated carbocycles. The maximum Gasteiger partial charge on any atom is 0.338 e. The predicted molar refractivity (Wildman–Crippen MR) is 132 cm³/mol. The van der Waals surface area contributed by atoms with Crippen LogP contribution in [-0.4, -0.2) is 87.8 Å². The zero-order chi connectivity index (χ0) is 28.3. The molecule has 1 aliphatic heterocycles. The quantitative estimate of drug-likeness (QED) is 0.139. The van der Waals surface area contributed by atoms with Crippen LogP contribution in [0.1, 0.15) is 39.8 Å². The van der Waals surface area contributed by atoms with Crippen molar-refractivity contribution in [2.24, 2.45) is 0 Å². The van der Waals surface area contributed by atoms with Crippen LogP contribution in [0.5, 0.6) is 0 Å². The van der Waals surface area contributed by atoms with Gasteiger partial charge in [-0.25, -0.2) is 24.5 Å². The van der Waals surface area contributed by atoms with E-state index in [0.29, 0.717) is 0 Å². The van der Waals surface area contributed by atoms with E-state index in [1.807, 2.05) is 0 Å². The van der Waals surface area contributed by atoms with Gasteiger partial charge in [0.05, 0.1) is 19.0 Å². The maximum atomic E-state index is 12.5. The predicted octanol–water partition coefficient (Wildman–Crippen LogP) is -1.57. The van der Waals surface area contributed by atoms with E-state index >= 15 is 0 Å². The number of fused-ring (bicyclic) bond motifs is 1. The second-order valence-electron chi connectivity index (χ2n) is 8.47. The first-order chi connectivity index (χ1) is 18.5. The molecule has 4 atom stereocenters. The minimum absolute atomic E-state index is 0.0231. The Bertz CT molecular complexity index is 1510. The van der Waals surface area contributed by atoms with Gasteiger partial charge in [-0.1, -0.05) is 18.2 Å². The van der Waals surface area contributed by atoms with E-state index in [-0.39, 0.29) is 34.5 Å².